The lowest BCUT2D eigenvalue weighted by Crippen LogP contribution is -2.29. The van der Waals surface area contributed by atoms with Gasteiger partial charge in [-0.25, -0.2) is 4.57 Å². The first-order valence-electron chi connectivity index (χ1n) is 29.7. The summed E-state index contributed by atoms with van der Waals surface area (Å²) < 4.78 is 33.0. The van der Waals surface area contributed by atoms with Gasteiger partial charge in [-0.05, 0) is 96.3 Å². The molecule has 0 aromatic rings. The van der Waals surface area contributed by atoms with E-state index in [1.165, 1.54) is 135 Å². The monoisotopic (exact) mass is 1040 g/mol. The molecule has 3 N–H and O–H groups in total. The molecule has 0 saturated carbocycles. The van der Waals surface area contributed by atoms with E-state index in [0.717, 1.165) is 89.9 Å². The Morgan fingerprint density at radius 2 is 0.753 bits per heavy atom. The Kier molecular flexibility index (Phi) is 55.7. The molecule has 10 heteroatoms. The normalized spacial score (nSPS) is 13.8. The number of hydrogen-bond acceptors (Lipinski definition) is 8. The number of carbonyl (C=O) groups excluding carboxylic acids is 2. The minimum absolute atomic E-state index is 0.0482. The van der Waals surface area contributed by atoms with Crippen molar-refractivity contribution in [2.75, 3.05) is 26.4 Å². The van der Waals surface area contributed by atoms with Crippen LogP contribution in [0.3, 0.4) is 0 Å². The molecular weight excluding hydrogens is 930 g/mol. The minimum atomic E-state index is -4.40. The van der Waals surface area contributed by atoms with Crippen LogP contribution in [0.5, 0.6) is 0 Å². The molecule has 0 rings (SSSR count). The number of nitrogens with two attached hydrogens (primary N) is 1. The van der Waals surface area contributed by atoms with Crippen LogP contribution in [-0.4, -0.2) is 49.3 Å². The van der Waals surface area contributed by atoms with Crippen LogP contribution in [-0.2, 0) is 32.7 Å². The predicted octanol–water partition coefficient (Wildman–Crippen LogP) is 18.8. The Balaban J connectivity index is 4.01. The van der Waals surface area contributed by atoms with E-state index in [4.69, 9.17) is 24.3 Å². The first-order chi connectivity index (χ1) is 35.8. The van der Waals surface area contributed by atoms with Gasteiger partial charge in [-0.2, -0.15) is 0 Å². The van der Waals surface area contributed by atoms with Crippen molar-refractivity contribution in [3.05, 3.63) is 97.2 Å². The summed E-state index contributed by atoms with van der Waals surface area (Å²) in [6, 6.07) is 0. The van der Waals surface area contributed by atoms with Crippen LogP contribution in [0.2, 0.25) is 0 Å². The summed E-state index contributed by atoms with van der Waals surface area (Å²) in [5.41, 5.74) is 5.38. The Hall–Kier alpha value is -3.07. The summed E-state index contributed by atoms with van der Waals surface area (Å²) in [6.45, 7) is 3.63. The third kappa shape index (κ3) is 58.1. The minimum Gasteiger partial charge on any atom is -0.462 e. The first kappa shape index (κ1) is 69.9. The van der Waals surface area contributed by atoms with Crippen LogP contribution < -0.4 is 5.73 Å². The van der Waals surface area contributed by atoms with E-state index in [-0.39, 0.29) is 38.6 Å². The van der Waals surface area contributed by atoms with Crippen LogP contribution in [0.15, 0.2) is 97.2 Å². The number of hydrogen-bond donors (Lipinski definition) is 2. The van der Waals surface area contributed by atoms with E-state index < -0.39 is 26.5 Å². The number of rotatable bonds is 55. The summed E-state index contributed by atoms with van der Waals surface area (Å²) >= 11 is 0. The highest BCUT2D eigenvalue weighted by Gasteiger charge is 2.26. The van der Waals surface area contributed by atoms with Gasteiger partial charge < -0.3 is 20.1 Å². The average molecular weight is 1040 g/mol. The van der Waals surface area contributed by atoms with Crippen molar-refractivity contribution in [2.24, 2.45) is 5.73 Å². The number of unbranched alkanes of at least 4 members (excludes halogenated alkanes) is 26. The molecular formula is C63H110NO8P. The van der Waals surface area contributed by atoms with Gasteiger partial charge in [-0.1, -0.05) is 246 Å². The molecule has 0 aromatic heterocycles. The molecule has 0 heterocycles. The van der Waals surface area contributed by atoms with E-state index in [9.17, 15) is 19.0 Å². The van der Waals surface area contributed by atoms with Crippen LogP contribution >= 0.6 is 7.82 Å². The fourth-order valence-electron chi connectivity index (χ4n) is 8.08. The molecule has 73 heavy (non-hydrogen) atoms. The molecule has 0 aliphatic rings. The lowest BCUT2D eigenvalue weighted by Gasteiger charge is -2.19. The van der Waals surface area contributed by atoms with Gasteiger partial charge in [0.25, 0.3) is 0 Å². The summed E-state index contributed by atoms with van der Waals surface area (Å²) in [5, 5.41) is 0. The van der Waals surface area contributed by atoms with E-state index in [1.807, 2.05) is 0 Å². The lowest BCUT2D eigenvalue weighted by molar-refractivity contribution is -0.161. The molecule has 0 aliphatic carbocycles. The summed E-state index contributed by atoms with van der Waals surface area (Å²) in [7, 11) is -4.40. The molecule has 0 radical (unpaired) electrons. The highest BCUT2D eigenvalue weighted by molar-refractivity contribution is 7.47. The van der Waals surface area contributed by atoms with Crippen LogP contribution in [0.1, 0.15) is 258 Å². The van der Waals surface area contributed by atoms with Gasteiger partial charge in [0, 0.05) is 19.4 Å². The predicted molar refractivity (Wildman–Crippen MR) is 312 cm³/mol. The average Bonchev–Trinajstić information content (AvgIpc) is 3.38. The van der Waals surface area contributed by atoms with Crippen LogP contribution in [0, 0.1) is 0 Å². The number of allylic oxidation sites excluding steroid dienone is 16. The summed E-state index contributed by atoms with van der Waals surface area (Å²) in [6.07, 6.45) is 77.4. The second kappa shape index (κ2) is 58.2. The van der Waals surface area contributed by atoms with E-state index >= 15 is 0 Å². The van der Waals surface area contributed by atoms with E-state index in [2.05, 4.69) is 111 Å². The molecule has 0 bridgehead atoms. The quantitative estimate of drug-likeness (QED) is 0.0264. The molecule has 0 fully saturated rings. The number of phosphoric acid groups is 1. The molecule has 2 atom stereocenters. The zero-order valence-electron chi connectivity index (χ0n) is 46.8. The van der Waals surface area contributed by atoms with Crippen molar-refractivity contribution in [2.45, 2.75) is 264 Å². The second-order valence-electron chi connectivity index (χ2n) is 19.5. The van der Waals surface area contributed by atoms with Crippen molar-refractivity contribution in [1.82, 2.24) is 0 Å². The highest BCUT2D eigenvalue weighted by Crippen LogP contribution is 2.43. The Morgan fingerprint density at radius 1 is 0.425 bits per heavy atom. The fourth-order valence-corrected chi connectivity index (χ4v) is 8.85. The van der Waals surface area contributed by atoms with Gasteiger partial charge in [-0.3, -0.25) is 18.6 Å². The van der Waals surface area contributed by atoms with Gasteiger partial charge in [0.05, 0.1) is 13.2 Å². The molecule has 0 saturated heterocycles. The summed E-state index contributed by atoms with van der Waals surface area (Å²) in [4.78, 5) is 35.2. The van der Waals surface area contributed by atoms with Crippen molar-refractivity contribution in [1.29, 1.82) is 0 Å². The van der Waals surface area contributed by atoms with Crippen molar-refractivity contribution in [3.63, 3.8) is 0 Å². The number of esters is 2. The SMILES string of the molecule is CC/C=C\C/C=C\C/C=C\C/C=C\C/C=C\C/C=C\C/C=C\CCCCCCCCCCCC(=O)OC(COC(=O)CCCCCCCCCCC/C=C\CCCCCCCCCC)COP(=O)(O)OCCN. The maximum Gasteiger partial charge on any atom is 0.472 e. The lowest BCUT2D eigenvalue weighted by atomic mass is 10.1. The second-order valence-corrected chi connectivity index (χ2v) is 20.9. The van der Waals surface area contributed by atoms with Gasteiger partial charge in [-0.15, -0.1) is 0 Å². The number of ether oxygens (including phenoxy) is 2. The third-order valence-electron chi connectivity index (χ3n) is 12.5. The highest BCUT2D eigenvalue weighted by atomic mass is 31.2. The van der Waals surface area contributed by atoms with Gasteiger partial charge in [0.15, 0.2) is 6.10 Å². The van der Waals surface area contributed by atoms with Gasteiger partial charge in [0.1, 0.15) is 6.61 Å². The fraction of sp³-hybridized carbons (Fsp3) is 0.714. The largest absolute Gasteiger partial charge is 0.472 e. The van der Waals surface area contributed by atoms with Gasteiger partial charge in [0.2, 0.25) is 0 Å². The standard InChI is InChI=1S/C63H110NO8P/c1-3-5-7-9-11-13-15-17-19-21-23-25-26-27-28-29-30-31-32-33-34-36-38-40-42-44-46-48-50-52-54-56-63(66)72-61(60-71-73(67,68)70-58-57-64)59-69-62(65)55-53-51-49-47-45-43-41-39-37-35-24-22-20-18-16-14-12-10-8-6-4-2/h5,7,11,13,17,19,22-25,27-28,30-31,33-34,61H,3-4,6,8-10,12,14-16,18,20-21,26,29,32,35-60,64H2,1-2H3,(H,67,68)/b7-5-,13-11-,19-17-,24-22-,25-23-,28-27-,31-30-,34-33-. The van der Waals surface area contributed by atoms with Crippen LogP contribution in [0.25, 0.3) is 0 Å². The Bertz CT molecular complexity index is 1510. The molecule has 0 aliphatic heterocycles. The number of phosphoric ester groups is 1. The molecule has 0 spiro atoms. The smallest absolute Gasteiger partial charge is 0.462 e. The van der Waals surface area contributed by atoms with Crippen molar-refractivity contribution in [3.8, 4) is 0 Å². The molecule has 2 unspecified atom stereocenters. The zero-order valence-corrected chi connectivity index (χ0v) is 47.7. The summed E-state index contributed by atoms with van der Waals surface area (Å²) in [5.74, 6) is -0.836. The molecule has 0 aromatic carbocycles. The van der Waals surface area contributed by atoms with E-state index in [0.29, 0.717) is 6.42 Å². The maximum absolute atomic E-state index is 12.7. The molecule has 0 amide bonds. The third-order valence-corrected chi connectivity index (χ3v) is 13.4. The zero-order chi connectivity index (χ0) is 53.1. The molecule has 9 nitrogen and oxygen atoms in total. The maximum atomic E-state index is 12.7. The Labute approximate surface area is 448 Å². The number of carbonyl (C=O) groups is 2. The van der Waals surface area contributed by atoms with Crippen molar-refractivity contribution >= 4 is 19.8 Å². The van der Waals surface area contributed by atoms with Crippen molar-refractivity contribution < 1.29 is 37.6 Å². The van der Waals surface area contributed by atoms with E-state index in [1.54, 1.807) is 0 Å². The first-order valence-corrected chi connectivity index (χ1v) is 31.2. The van der Waals surface area contributed by atoms with Gasteiger partial charge >= 0.3 is 19.8 Å². The van der Waals surface area contributed by atoms with Crippen LogP contribution in [0.4, 0.5) is 0 Å². The Morgan fingerprint density at radius 3 is 1.14 bits per heavy atom. The molecule has 420 valence electrons. The topological polar surface area (TPSA) is 134 Å².